The number of carbonyl (C=O) groups is 1. The standard InChI is InChI=1S/C21H24N4O2/c1-3-20(26)24-12-17(13-24)25(11-15-4-5-15)19-9-16(10-23-21(19)27)18-8-14(2)6-7-22-18/h3,6-10,15,17H,1,4-5,11-13H2,2H3,(H,23,27). The molecule has 27 heavy (non-hydrogen) atoms. The third-order valence-corrected chi connectivity index (χ3v) is 5.35. The number of anilines is 1. The van der Waals surface area contributed by atoms with E-state index in [1.807, 2.05) is 25.1 Å². The van der Waals surface area contributed by atoms with Crippen molar-refractivity contribution in [1.29, 1.82) is 0 Å². The lowest BCUT2D eigenvalue weighted by Gasteiger charge is -2.46. The van der Waals surface area contributed by atoms with E-state index in [0.29, 0.717) is 24.7 Å². The van der Waals surface area contributed by atoms with Gasteiger partial charge in [-0.25, -0.2) is 0 Å². The number of carbonyl (C=O) groups excluding carboxylic acids is 1. The Labute approximate surface area is 158 Å². The summed E-state index contributed by atoms with van der Waals surface area (Å²) < 4.78 is 0. The van der Waals surface area contributed by atoms with E-state index >= 15 is 0 Å². The minimum Gasteiger partial charge on any atom is -0.360 e. The van der Waals surface area contributed by atoms with Gasteiger partial charge in [0.1, 0.15) is 5.69 Å². The number of aromatic nitrogens is 2. The van der Waals surface area contributed by atoms with Crippen LogP contribution in [0.3, 0.4) is 0 Å². The number of aryl methyl sites for hydroxylation is 1. The number of hydrogen-bond donors (Lipinski definition) is 1. The molecule has 1 amide bonds. The van der Waals surface area contributed by atoms with Crippen LogP contribution in [0, 0.1) is 12.8 Å². The van der Waals surface area contributed by atoms with Crippen molar-refractivity contribution in [3.63, 3.8) is 0 Å². The first-order chi connectivity index (χ1) is 13.0. The van der Waals surface area contributed by atoms with Crippen LogP contribution in [-0.2, 0) is 4.79 Å². The molecule has 0 aromatic carbocycles. The van der Waals surface area contributed by atoms with Crippen molar-refractivity contribution in [2.24, 2.45) is 5.92 Å². The zero-order chi connectivity index (χ0) is 19.0. The number of nitrogens with one attached hydrogen (secondary N) is 1. The summed E-state index contributed by atoms with van der Waals surface area (Å²) in [4.78, 5) is 35.7. The van der Waals surface area contributed by atoms with E-state index in [-0.39, 0.29) is 17.5 Å². The van der Waals surface area contributed by atoms with Crippen LogP contribution < -0.4 is 10.5 Å². The van der Waals surface area contributed by atoms with Gasteiger partial charge >= 0.3 is 0 Å². The first kappa shape index (κ1) is 17.5. The van der Waals surface area contributed by atoms with E-state index in [4.69, 9.17) is 0 Å². The first-order valence-corrected chi connectivity index (χ1v) is 9.39. The average molecular weight is 364 g/mol. The van der Waals surface area contributed by atoms with Crippen LogP contribution in [0.15, 0.2) is 48.0 Å². The fraction of sp³-hybridized carbons (Fsp3) is 0.381. The molecule has 0 atom stereocenters. The van der Waals surface area contributed by atoms with E-state index in [2.05, 4.69) is 21.4 Å². The Hall–Kier alpha value is -2.89. The molecule has 1 saturated carbocycles. The highest BCUT2D eigenvalue weighted by Gasteiger charge is 2.37. The summed E-state index contributed by atoms with van der Waals surface area (Å²) in [6, 6.07) is 6.06. The molecule has 2 aromatic rings. The molecule has 4 rings (SSSR count). The molecule has 1 N–H and O–H groups in total. The maximum Gasteiger partial charge on any atom is 0.271 e. The Bertz CT molecular complexity index is 926. The number of H-pyrrole nitrogens is 1. The minimum atomic E-state index is -0.0967. The molecule has 0 spiro atoms. The molecular formula is C21H24N4O2. The Morgan fingerprint density at radius 1 is 1.41 bits per heavy atom. The Kier molecular flexibility index (Phi) is 4.56. The second-order valence-electron chi connectivity index (χ2n) is 7.52. The molecule has 1 aliphatic heterocycles. The zero-order valence-corrected chi connectivity index (χ0v) is 15.5. The van der Waals surface area contributed by atoms with Crippen molar-refractivity contribution in [1.82, 2.24) is 14.9 Å². The summed E-state index contributed by atoms with van der Waals surface area (Å²) in [6.45, 7) is 7.69. The number of pyridine rings is 2. The van der Waals surface area contributed by atoms with Crippen LogP contribution in [0.5, 0.6) is 0 Å². The SMILES string of the molecule is C=CC(=O)N1CC(N(CC2CC2)c2cc(-c3cc(C)ccn3)c[nH]c2=O)C1. The van der Waals surface area contributed by atoms with Gasteiger partial charge in [0.25, 0.3) is 5.56 Å². The van der Waals surface area contributed by atoms with E-state index in [1.165, 1.54) is 18.9 Å². The van der Waals surface area contributed by atoms with E-state index < -0.39 is 0 Å². The number of nitrogens with zero attached hydrogens (tertiary/aromatic N) is 3. The largest absolute Gasteiger partial charge is 0.360 e. The predicted octanol–water partition coefficient (Wildman–Crippen LogP) is 2.36. The Balaban J connectivity index is 1.63. The van der Waals surface area contributed by atoms with Gasteiger partial charge in [0.2, 0.25) is 5.91 Å². The zero-order valence-electron chi connectivity index (χ0n) is 15.5. The van der Waals surface area contributed by atoms with Gasteiger partial charge in [-0.1, -0.05) is 6.58 Å². The van der Waals surface area contributed by atoms with Gasteiger partial charge in [0.15, 0.2) is 0 Å². The molecule has 1 saturated heterocycles. The summed E-state index contributed by atoms with van der Waals surface area (Å²) in [7, 11) is 0. The second kappa shape index (κ2) is 7.02. The van der Waals surface area contributed by atoms with Crippen LogP contribution in [0.25, 0.3) is 11.3 Å². The Morgan fingerprint density at radius 2 is 2.19 bits per heavy atom. The van der Waals surface area contributed by atoms with Gasteiger partial charge in [-0.05, 0) is 55.5 Å². The molecule has 6 heteroatoms. The fourth-order valence-electron chi connectivity index (χ4n) is 3.51. The van der Waals surface area contributed by atoms with E-state index in [0.717, 1.165) is 23.4 Å². The van der Waals surface area contributed by atoms with Crippen LogP contribution in [0.1, 0.15) is 18.4 Å². The molecule has 2 aliphatic rings. The molecule has 0 radical (unpaired) electrons. The summed E-state index contributed by atoms with van der Waals surface area (Å²) >= 11 is 0. The van der Waals surface area contributed by atoms with Crippen molar-refractivity contribution >= 4 is 11.6 Å². The van der Waals surface area contributed by atoms with Gasteiger partial charge in [-0.3, -0.25) is 14.6 Å². The molecule has 0 unspecified atom stereocenters. The normalized spacial score (nSPS) is 16.7. The molecular weight excluding hydrogens is 340 g/mol. The van der Waals surface area contributed by atoms with E-state index in [9.17, 15) is 9.59 Å². The molecule has 3 heterocycles. The molecule has 0 bridgehead atoms. The van der Waals surface area contributed by atoms with Gasteiger partial charge in [-0.2, -0.15) is 0 Å². The second-order valence-corrected chi connectivity index (χ2v) is 7.52. The van der Waals surface area contributed by atoms with Crippen molar-refractivity contribution < 1.29 is 4.79 Å². The highest BCUT2D eigenvalue weighted by atomic mass is 16.2. The highest BCUT2D eigenvalue weighted by Crippen LogP contribution is 2.33. The van der Waals surface area contributed by atoms with Gasteiger partial charge < -0.3 is 14.8 Å². The van der Waals surface area contributed by atoms with Crippen LogP contribution in [0.4, 0.5) is 5.69 Å². The van der Waals surface area contributed by atoms with Gasteiger partial charge in [0.05, 0.1) is 11.7 Å². The Morgan fingerprint density at radius 3 is 2.85 bits per heavy atom. The van der Waals surface area contributed by atoms with Crippen molar-refractivity contribution in [3.05, 3.63) is 59.2 Å². The number of likely N-dealkylation sites (tertiary alicyclic amines) is 1. The summed E-state index contributed by atoms with van der Waals surface area (Å²) in [5, 5.41) is 0. The number of aromatic amines is 1. The summed E-state index contributed by atoms with van der Waals surface area (Å²) in [5.41, 5.74) is 3.43. The topological polar surface area (TPSA) is 69.3 Å². The lowest BCUT2D eigenvalue weighted by molar-refractivity contribution is -0.130. The smallest absolute Gasteiger partial charge is 0.271 e. The third-order valence-electron chi connectivity index (χ3n) is 5.35. The third kappa shape index (κ3) is 3.65. The predicted molar refractivity (Wildman–Crippen MR) is 106 cm³/mol. The fourth-order valence-corrected chi connectivity index (χ4v) is 3.51. The summed E-state index contributed by atoms with van der Waals surface area (Å²) in [6.07, 6.45) is 7.25. The van der Waals surface area contributed by atoms with Gasteiger partial charge in [0, 0.05) is 37.6 Å². The quantitative estimate of drug-likeness (QED) is 0.799. The van der Waals surface area contributed by atoms with Crippen molar-refractivity contribution in [2.45, 2.75) is 25.8 Å². The molecule has 6 nitrogen and oxygen atoms in total. The molecule has 1 aliphatic carbocycles. The van der Waals surface area contributed by atoms with E-state index in [1.54, 1.807) is 17.3 Å². The average Bonchev–Trinajstić information content (AvgIpc) is 3.44. The molecule has 2 aromatic heterocycles. The maximum absolute atomic E-state index is 12.6. The summed E-state index contributed by atoms with van der Waals surface area (Å²) in [5.74, 6) is 0.582. The number of hydrogen-bond acceptors (Lipinski definition) is 4. The van der Waals surface area contributed by atoms with Gasteiger partial charge in [-0.15, -0.1) is 0 Å². The minimum absolute atomic E-state index is 0.0516. The first-order valence-electron chi connectivity index (χ1n) is 9.39. The monoisotopic (exact) mass is 364 g/mol. The highest BCUT2D eigenvalue weighted by molar-refractivity contribution is 5.87. The van der Waals surface area contributed by atoms with Crippen LogP contribution in [0.2, 0.25) is 0 Å². The molecule has 2 fully saturated rings. The van der Waals surface area contributed by atoms with Crippen molar-refractivity contribution in [2.75, 3.05) is 24.5 Å². The van der Waals surface area contributed by atoms with Crippen molar-refractivity contribution in [3.8, 4) is 11.3 Å². The lowest BCUT2D eigenvalue weighted by Crippen LogP contribution is -2.62. The number of amides is 1. The van der Waals surface area contributed by atoms with Crippen LogP contribution in [-0.4, -0.2) is 46.5 Å². The maximum atomic E-state index is 12.6. The molecule has 140 valence electrons. The lowest BCUT2D eigenvalue weighted by atomic mass is 10.0. The number of rotatable bonds is 6. The van der Waals surface area contributed by atoms with Crippen LogP contribution >= 0.6 is 0 Å².